The summed E-state index contributed by atoms with van der Waals surface area (Å²) < 4.78 is 0. The molecule has 1 aliphatic heterocycles. The first kappa shape index (κ1) is 15.9. The average Bonchev–Trinajstić information content (AvgIpc) is 2.53. The van der Waals surface area contributed by atoms with Crippen LogP contribution >= 0.6 is 11.8 Å². The van der Waals surface area contributed by atoms with Gasteiger partial charge in [0.05, 0.1) is 0 Å². The summed E-state index contributed by atoms with van der Waals surface area (Å²) in [4.78, 5) is 22.0. The summed E-state index contributed by atoms with van der Waals surface area (Å²) in [5.41, 5.74) is 0. The number of aromatic nitrogens is 2. The summed E-state index contributed by atoms with van der Waals surface area (Å²) in [5, 5.41) is 12.4. The van der Waals surface area contributed by atoms with Crippen LogP contribution in [0.5, 0.6) is 0 Å². The number of nitrogens with one attached hydrogen (secondary N) is 1. The van der Waals surface area contributed by atoms with E-state index in [0.29, 0.717) is 5.82 Å². The molecule has 0 spiro atoms. The largest absolute Gasteiger partial charge is 0.480 e. The highest BCUT2D eigenvalue weighted by molar-refractivity contribution is 7.99. The first-order valence-electron chi connectivity index (χ1n) is 7.26. The fourth-order valence-corrected chi connectivity index (χ4v) is 3.14. The smallest absolute Gasteiger partial charge is 0.326 e. The number of hydrogen-bond donors (Lipinski definition) is 2. The topological polar surface area (TPSA) is 78.3 Å². The number of hydrogen-bond acceptors (Lipinski definition) is 6. The van der Waals surface area contributed by atoms with Gasteiger partial charge >= 0.3 is 5.97 Å². The van der Waals surface area contributed by atoms with Crippen molar-refractivity contribution in [3.63, 3.8) is 0 Å². The van der Waals surface area contributed by atoms with Crippen LogP contribution in [-0.2, 0) is 4.79 Å². The van der Waals surface area contributed by atoms with Crippen molar-refractivity contribution in [2.45, 2.75) is 26.3 Å². The van der Waals surface area contributed by atoms with E-state index in [1.165, 1.54) is 6.33 Å². The monoisotopic (exact) mass is 310 g/mol. The SMILES string of the molecule is CC[C@H](C)[C@H](Nc1cc(N2CCSCC2)ncn1)C(=O)O. The Bertz CT molecular complexity index is 480. The van der Waals surface area contributed by atoms with Gasteiger partial charge in [-0.25, -0.2) is 14.8 Å². The quantitative estimate of drug-likeness (QED) is 0.831. The molecule has 2 N–H and O–H groups in total. The van der Waals surface area contributed by atoms with Crippen LogP contribution in [-0.4, -0.2) is 51.7 Å². The Hall–Kier alpha value is -1.50. The third-order valence-corrected chi connectivity index (χ3v) is 4.71. The molecule has 116 valence electrons. The van der Waals surface area contributed by atoms with Crippen molar-refractivity contribution < 1.29 is 9.90 Å². The molecule has 6 nitrogen and oxygen atoms in total. The van der Waals surface area contributed by atoms with Crippen LogP contribution in [0, 0.1) is 5.92 Å². The van der Waals surface area contributed by atoms with E-state index in [9.17, 15) is 9.90 Å². The summed E-state index contributed by atoms with van der Waals surface area (Å²) in [6.07, 6.45) is 2.29. The number of rotatable bonds is 6. The van der Waals surface area contributed by atoms with Crippen LogP contribution in [0.15, 0.2) is 12.4 Å². The van der Waals surface area contributed by atoms with Gasteiger partial charge in [0, 0.05) is 30.7 Å². The molecule has 1 fully saturated rings. The highest BCUT2D eigenvalue weighted by Crippen LogP contribution is 2.20. The summed E-state index contributed by atoms with van der Waals surface area (Å²) in [7, 11) is 0. The zero-order valence-corrected chi connectivity index (χ0v) is 13.3. The van der Waals surface area contributed by atoms with Crippen molar-refractivity contribution in [2.24, 2.45) is 5.92 Å². The first-order valence-corrected chi connectivity index (χ1v) is 8.41. The third kappa shape index (κ3) is 4.23. The number of anilines is 2. The van der Waals surface area contributed by atoms with Crippen LogP contribution in [0.25, 0.3) is 0 Å². The lowest BCUT2D eigenvalue weighted by atomic mass is 9.99. The highest BCUT2D eigenvalue weighted by atomic mass is 32.2. The van der Waals surface area contributed by atoms with Gasteiger partial charge in [0.15, 0.2) is 0 Å². The Morgan fingerprint density at radius 2 is 2.19 bits per heavy atom. The lowest BCUT2D eigenvalue weighted by Gasteiger charge is -2.28. The van der Waals surface area contributed by atoms with Gasteiger partial charge in [-0.05, 0) is 5.92 Å². The van der Waals surface area contributed by atoms with Crippen LogP contribution in [0.4, 0.5) is 11.6 Å². The predicted molar refractivity (Wildman–Crippen MR) is 86.1 cm³/mol. The fourth-order valence-electron chi connectivity index (χ4n) is 2.23. The summed E-state index contributed by atoms with van der Waals surface area (Å²) >= 11 is 1.94. The lowest BCUT2D eigenvalue weighted by molar-refractivity contribution is -0.139. The van der Waals surface area contributed by atoms with Crippen LogP contribution < -0.4 is 10.2 Å². The van der Waals surface area contributed by atoms with Gasteiger partial charge in [-0.1, -0.05) is 20.3 Å². The number of carboxylic acids is 1. The van der Waals surface area contributed by atoms with Gasteiger partial charge in [0.1, 0.15) is 24.0 Å². The summed E-state index contributed by atoms with van der Waals surface area (Å²) in [6.45, 7) is 5.85. The maximum absolute atomic E-state index is 11.4. The highest BCUT2D eigenvalue weighted by Gasteiger charge is 2.24. The second kappa shape index (κ2) is 7.49. The minimum atomic E-state index is -0.848. The average molecular weight is 310 g/mol. The molecule has 1 saturated heterocycles. The number of aliphatic carboxylic acids is 1. The molecular weight excluding hydrogens is 288 g/mol. The molecule has 0 amide bonds. The van der Waals surface area contributed by atoms with Crippen molar-refractivity contribution in [1.29, 1.82) is 0 Å². The molecule has 1 aromatic heterocycles. The van der Waals surface area contributed by atoms with Gasteiger partial charge in [-0.2, -0.15) is 11.8 Å². The minimum Gasteiger partial charge on any atom is -0.480 e. The molecule has 0 aromatic carbocycles. The van der Waals surface area contributed by atoms with E-state index >= 15 is 0 Å². The maximum Gasteiger partial charge on any atom is 0.326 e. The van der Waals surface area contributed by atoms with Gasteiger partial charge in [-0.15, -0.1) is 0 Å². The lowest BCUT2D eigenvalue weighted by Crippen LogP contribution is -2.36. The normalized spacial score (nSPS) is 18.1. The molecule has 2 heterocycles. The van der Waals surface area contributed by atoms with E-state index in [2.05, 4.69) is 20.2 Å². The molecule has 2 rings (SSSR count). The Morgan fingerprint density at radius 3 is 2.81 bits per heavy atom. The molecule has 1 aromatic rings. The second-order valence-corrected chi connectivity index (χ2v) is 6.43. The van der Waals surface area contributed by atoms with E-state index in [0.717, 1.165) is 36.8 Å². The second-order valence-electron chi connectivity index (χ2n) is 5.21. The summed E-state index contributed by atoms with van der Waals surface area (Å²) in [5.74, 6) is 2.81. The molecule has 2 atom stereocenters. The van der Waals surface area contributed by atoms with Crippen molar-refractivity contribution in [3.8, 4) is 0 Å². The Labute approximate surface area is 129 Å². The van der Waals surface area contributed by atoms with E-state index < -0.39 is 12.0 Å². The zero-order chi connectivity index (χ0) is 15.2. The number of carboxylic acid groups (broad SMARTS) is 1. The van der Waals surface area contributed by atoms with Crippen molar-refractivity contribution in [2.75, 3.05) is 34.8 Å². The molecule has 0 saturated carbocycles. The molecular formula is C14H22N4O2S. The van der Waals surface area contributed by atoms with Gasteiger partial charge in [-0.3, -0.25) is 0 Å². The van der Waals surface area contributed by atoms with Gasteiger partial charge in [0.2, 0.25) is 0 Å². The number of carbonyl (C=O) groups is 1. The predicted octanol–water partition coefficient (Wildman–Crippen LogP) is 1.94. The van der Waals surface area contributed by atoms with Gasteiger partial charge in [0.25, 0.3) is 0 Å². The maximum atomic E-state index is 11.4. The molecule has 0 unspecified atom stereocenters. The number of nitrogens with zero attached hydrogens (tertiary/aromatic N) is 3. The van der Waals surface area contributed by atoms with E-state index in [1.807, 2.05) is 31.7 Å². The fraction of sp³-hybridized carbons (Fsp3) is 0.643. The number of thioether (sulfide) groups is 1. The molecule has 7 heteroatoms. The molecule has 0 radical (unpaired) electrons. The molecule has 0 bridgehead atoms. The minimum absolute atomic E-state index is 0.0345. The molecule has 0 aliphatic carbocycles. The van der Waals surface area contributed by atoms with E-state index in [1.54, 1.807) is 0 Å². The van der Waals surface area contributed by atoms with Crippen LogP contribution in [0.1, 0.15) is 20.3 Å². The first-order chi connectivity index (χ1) is 10.1. The Kier molecular flexibility index (Phi) is 5.67. The van der Waals surface area contributed by atoms with Crippen molar-refractivity contribution in [1.82, 2.24) is 9.97 Å². The zero-order valence-electron chi connectivity index (χ0n) is 12.5. The summed E-state index contributed by atoms with van der Waals surface area (Å²) in [6, 6.07) is 1.21. The van der Waals surface area contributed by atoms with Crippen LogP contribution in [0.2, 0.25) is 0 Å². The molecule has 21 heavy (non-hydrogen) atoms. The van der Waals surface area contributed by atoms with Crippen molar-refractivity contribution >= 4 is 29.4 Å². The Morgan fingerprint density at radius 1 is 1.48 bits per heavy atom. The van der Waals surface area contributed by atoms with E-state index in [4.69, 9.17) is 0 Å². The standard InChI is InChI=1S/C14H22N4O2S/c1-3-10(2)13(14(19)20)17-11-8-12(16-9-15-11)18-4-6-21-7-5-18/h8-10,13H,3-7H2,1-2H3,(H,19,20)(H,15,16,17)/t10-,13-/m0/s1. The van der Waals surface area contributed by atoms with Crippen molar-refractivity contribution in [3.05, 3.63) is 12.4 Å². The Balaban J connectivity index is 2.10. The third-order valence-electron chi connectivity index (χ3n) is 3.77. The van der Waals surface area contributed by atoms with Gasteiger partial charge < -0.3 is 15.3 Å². The molecule has 1 aliphatic rings. The van der Waals surface area contributed by atoms with E-state index in [-0.39, 0.29) is 5.92 Å². The van der Waals surface area contributed by atoms with Crippen LogP contribution in [0.3, 0.4) is 0 Å².